The van der Waals surface area contributed by atoms with Gasteiger partial charge in [-0.3, -0.25) is 4.79 Å². The molecular formula is C14H17N3O2. The van der Waals surface area contributed by atoms with Gasteiger partial charge in [-0.1, -0.05) is 6.92 Å². The Hall–Kier alpha value is -2.09. The third kappa shape index (κ3) is 2.53. The highest BCUT2D eigenvalue weighted by molar-refractivity contribution is 5.75. The quantitative estimate of drug-likeness (QED) is 0.898. The lowest BCUT2D eigenvalue weighted by Gasteiger charge is -2.39. The van der Waals surface area contributed by atoms with Gasteiger partial charge in [0.1, 0.15) is 11.8 Å². The molecule has 2 heterocycles. The molecule has 0 bridgehead atoms. The maximum absolute atomic E-state index is 11.4. The molecule has 1 fully saturated rings. The number of carbonyl (C=O) groups is 1. The summed E-state index contributed by atoms with van der Waals surface area (Å²) in [6.07, 6.45) is 3.65. The summed E-state index contributed by atoms with van der Waals surface area (Å²) in [6, 6.07) is 5.54. The molecule has 0 amide bonds. The molecule has 0 saturated carbocycles. The Labute approximate surface area is 112 Å². The number of aliphatic carboxylic acids is 1. The van der Waals surface area contributed by atoms with E-state index in [0.717, 1.165) is 5.69 Å². The summed E-state index contributed by atoms with van der Waals surface area (Å²) in [5.41, 5.74) is 0.777. The highest BCUT2D eigenvalue weighted by atomic mass is 16.4. The zero-order valence-corrected chi connectivity index (χ0v) is 11.0. The maximum Gasteiger partial charge on any atom is 0.309 e. The molecule has 1 saturated heterocycles. The Morgan fingerprint density at radius 2 is 2.21 bits per heavy atom. The molecule has 0 aliphatic carbocycles. The van der Waals surface area contributed by atoms with Crippen molar-refractivity contribution in [2.75, 3.05) is 18.0 Å². The average Bonchev–Trinajstić information content (AvgIpc) is 2.47. The number of aromatic nitrogens is 1. The van der Waals surface area contributed by atoms with Crippen molar-refractivity contribution in [2.24, 2.45) is 5.41 Å². The second kappa shape index (κ2) is 5.27. The maximum atomic E-state index is 11.4. The van der Waals surface area contributed by atoms with Gasteiger partial charge in [0.25, 0.3) is 0 Å². The van der Waals surface area contributed by atoms with E-state index in [0.29, 0.717) is 38.0 Å². The zero-order chi connectivity index (χ0) is 13.9. The van der Waals surface area contributed by atoms with Gasteiger partial charge in [-0.15, -0.1) is 0 Å². The third-order valence-electron chi connectivity index (χ3n) is 4.08. The number of piperidine rings is 1. The van der Waals surface area contributed by atoms with Crippen LogP contribution in [0.5, 0.6) is 0 Å². The normalized spacial score (nSPS) is 17.8. The summed E-state index contributed by atoms with van der Waals surface area (Å²) >= 11 is 0. The summed E-state index contributed by atoms with van der Waals surface area (Å²) in [5.74, 6) is -0.687. The lowest BCUT2D eigenvalue weighted by Crippen LogP contribution is -2.44. The van der Waals surface area contributed by atoms with Crippen molar-refractivity contribution in [3.63, 3.8) is 0 Å². The van der Waals surface area contributed by atoms with Crippen LogP contribution in [0, 0.1) is 16.7 Å². The van der Waals surface area contributed by atoms with Crippen molar-refractivity contribution in [1.82, 2.24) is 4.98 Å². The van der Waals surface area contributed by atoms with Crippen molar-refractivity contribution in [3.8, 4) is 6.07 Å². The van der Waals surface area contributed by atoms with Crippen LogP contribution in [-0.4, -0.2) is 29.1 Å². The molecular weight excluding hydrogens is 242 g/mol. The summed E-state index contributed by atoms with van der Waals surface area (Å²) in [7, 11) is 0. The molecule has 100 valence electrons. The zero-order valence-electron chi connectivity index (χ0n) is 11.0. The minimum absolute atomic E-state index is 0.397. The van der Waals surface area contributed by atoms with Crippen LogP contribution in [0.25, 0.3) is 0 Å². The Bertz CT molecular complexity index is 496. The predicted octanol–water partition coefficient (Wildman–Crippen LogP) is 2.03. The van der Waals surface area contributed by atoms with Gasteiger partial charge >= 0.3 is 5.97 Å². The van der Waals surface area contributed by atoms with Crippen molar-refractivity contribution in [3.05, 3.63) is 24.0 Å². The number of nitrogens with zero attached hydrogens (tertiary/aromatic N) is 3. The van der Waals surface area contributed by atoms with Crippen LogP contribution in [-0.2, 0) is 4.79 Å². The van der Waals surface area contributed by atoms with Crippen molar-refractivity contribution in [2.45, 2.75) is 26.2 Å². The highest BCUT2D eigenvalue weighted by Gasteiger charge is 2.39. The van der Waals surface area contributed by atoms with Gasteiger partial charge in [-0.25, -0.2) is 4.98 Å². The first-order chi connectivity index (χ1) is 9.11. The van der Waals surface area contributed by atoms with Crippen LogP contribution in [0.2, 0.25) is 0 Å². The third-order valence-corrected chi connectivity index (χ3v) is 4.08. The van der Waals surface area contributed by atoms with Gasteiger partial charge in [0.2, 0.25) is 0 Å². The molecule has 0 atom stereocenters. The number of carboxylic acid groups (broad SMARTS) is 1. The van der Waals surface area contributed by atoms with Gasteiger partial charge in [0.15, 0.2) is 0 Å². The van der Waals surface area contributed by atoms with Gasteiger partial charge < -0.3 is 10.0 Å². The number of carboxylic acids is 1. The van der Waals surface area contributed by atoms with E-state index in [4.69, 9.17) is 5.26 Å². The highest BCUT2D eigenvalue weighted by Crippen LogP contribution is 2.36. The number of hydrogen-bond acceptors (Lipinski definition) is 4. The first-order valence-electron chi connectivity index (χ1n) is 6.46. The fourth-order valence-corrected chi connectivity index (χ4v) is 2.55. The Kier molecular flexibility index (Phi) is 3.70. The number of hydrogen-bond donors (Lipinski definition) is 1. The van der Waals surface area contributed by atoms with Gasteiger partial charge in [0, 0.05) is 13.1 Å². The summed E-state index contributed by atoms with van der Waals surface area (Å²) in [4.78, 5) is 17.5. The van der Waals surface area contributed by atoms with Gasteiger partial charge in [-0.2, -0.15) is 5.26 Å². The number of rotatable bonds is 3. The smallest absolute Gasteiger partial charge is 0.309 e. The fraction of sp³-hybridized carbons (Fsp3) is 0.500. The van der Waals surface area contributed by atoms with E-state index in [1.54, 1.807) is 12.3 Å². The van der Waals surface area contributed by atoms with Crippen molar-refractivity contribution < 1.29 is 9.90 Å². The van der Waals surface area contributed by atoms with E-state index in [9.17, 15) is 9.90 Å². The number of nitriles is 1. The molecule has 5 heteroatoms. The lowest BCUT2D eigenvalue weighted by atomic mass is 9.76. The standard InChI is InChI=1S/C14H17N3O2/c1-2-14(13(18)19)5-7-17(8-6-14)12-4-3-11(9-15)16-10-12/h3-4,10H,2,5-8H2,1H3,(H,18,19). The van der Waals surface area contributed by atoms with Crippen LogP contribution in [0.4, 0.5) is 5.69 Å². The Morgan fingerprint density at radius 1 is 1.53 bits per heavy atom. The summed E-state index contributed by atoms with van der Waals surface area (Å²) in [5, 5.41) is 18.1. The average molecular weight is 259 g/mol. The van der Waals surface area contributed by atoms with E-state index >= 15 is 0 Å². The van der Waals surface area contributed by atoms with Gasteiger partial charge in [0.05, 0.1) is 17.3 Å². The Morgan fingerprint density at radius 3 is 2.63 bits per heavy atom. The lowest BCUT2D eigenvalue weighted by molar-refractivity contribution is -0.150. The SMILES string of the molecule is CCC1(C(=O)O)CCN(c2ccc(C#N)nc2)CC1. The first-order valence-corrected chi connectivity index (χ1v) is 6.46. The predicted molar refractivity (Wildman–Crippen MR) is 70.8 cm³/mol. The summed E-state index contributed by atoms with van der Waals surface area (Å²) < 4.78 is 0. The molecule has 2 rings (SSSR count). The van der Waals surface area contributed by atoms with Gasteiger partial charge in [-0.05, 0) is 31.4 Å². The minimum atomic E-state index is -0.687. The Balaban J connectivity index is 2.07. The number of pyridine rings is 1. The molecule has 0 unspecified atom stereocenters. The van der Waals surface area contributed by atoms with Crippen LogP contribution in [0.3, 0.4) is 0 Å². The van der Waals surface area contributed by atoms with Crippen LogP contribution < -0.4 is 4.90 Å². The summed E-state index contributed by atoms with van der Waals surface area (Å²) in [6.45, 7) is 3.37. The molecule has 5 nitrogen and oxygen atoms in total. The van der Waals surface area contributed by atoms with E-state index in [1.165, 1.54) is 0 Å². The first kappa shape index (κ1) is 13.3. The fourth-order valence-electron chi connectivity index (χ4n) is 2.55. The molecule has 0 radical (unpaired) electrons. The van der Waals surface area contributed by atoms with Crippen LogP contribution in [0.1, 0.15) is 31.9 Å². The molecule has 0 aromatic carbocycles. The number of anilines is 1. The topological polar surface area (TPSA) is 77.2 Å². The van der Waals surface area contributed by atoms with Crippen molar-refractivity contribution >= 4 is 11.7 Å². The molecule has 1 N–H and O–H groups in total. The monoisotopic (exact) mass is 259 g/mol. The minimum Gasteiger partial charge on any atom is -0.481 e. The molecule has 1 aliphatic heterocycles. The molecule has 0 spiro atoms. The second-order valence-electron chi connectivity index (χ2n) is 4.94. The molecule has 1 aromatic heterocycles. The molecule has 19 heavy (non-hydrogen) atoms. The van der Waals surface area contributed by atoms with Crippen LogP contribution in [0.15, 0.2) is 18.3 Å². The largest absolute Gasteiger partial charge is 0.481 e. The van der Waals surface area contributed by atoms with Crippen molar-refractivity contribution in [1.29, 1.82) is 5.26 Å². The molecule has 1 aliphatic rings. The second-order valence-corrected chi connectivity index (χ2v) is 4.94. The van der Waals surface area contributed by atoms with E-state index < -0.39 is 11.4 Å². The van der Waals surface area contributed by atoms with E-state index in [2.05, 4.69) is 9.88 Å². The molecule has 1 aromatic rings. The van der Waals surface area contributed by atoms with Crippen LogP contribution >= 0.6 is 0 Å². The van der Waals surface area contributed by atoms with E-state index in [1.807, 2.05) is 19.1 Å². The van der Waals surface area contributed by atoms with E-state index in [-0.39, 0.29) is 0 Å².